The smallest absolute Gasteiger partial charge is 0.263 e. The average Bonchev–Trinajstić information content (AvgIpc) is 2.81. The summed E-state index contributed by atoms with van der Waals surface area (Å²) in [5.74, 6) is -0.474. The molecule has 1 aromatic heterocycles. The molecule has 0 aliphatic carbocycles. The fourth-order valence-corrected chi connectivity index (χ4v) is 3.82. The Bertz CT molecular complexity index is 658. The number of nitrogens with one attached hydrogen (secondary N) is 2. The van der Waals surface area contributed by atoms with Crippen molar-refractivity contribution in [3.8, 4) is 0 Å². The van der Waals surface area contributed by atoms with Crippen molar-refractivity contribution in [2.45, 2.75) is 11.4 Å². The molecule has 1 aromatic carbocycles. The van der Waals surface area contributed by atoms with Crippen LogP contribution in [0.25, 0.3) is 0 Å². The quantitative estimate of drug-likeness (QED) is 0.739. The lowest BCUT2D eigenvalue weighted by molar-refractivity contribution is 0.0968. The van der Waals surface area contributed by atoms with Gasteiger partial charge < -0.3 is 16.4 Å². The third-order valence-electron chi connectivity index (χ3n) is 2.93. The summed E-state index contributed by atoms with van der Waals surface area (Å²) in [6.07, 6.45) is 1.89. The Balaban J connectivity index is 2.24. The Morgan fingerprint density at radius 3 is 2.76 bits per heavy atom. The predicted octanol–water partition coefficient (Wildman–Crippen LogP) is 3.16. The number of nitrogen functional groups attached to an aromatic ring is 1. The van der Waals surface area contributed by atoms with Crippen LogP contribution in [-0.4, -0.2) is 19.2 Å². The molecule has 0 bridgehead atoms. The maximum Gasteiger partial charge on any atom is 0.263 e. The van der Waals surface area contributed by atoms with E-state index in [4.69, 9.17) is 5.73 Å². The van der Waals surface area contributed by atoms with Crippen LogP contribution >= 0.6 is 23.1 Å². The van der Waals surface area contributed by atoms with Gasteiger partial charge in [-0.15, -0.1) is 23.1 Å². The van der Waals surface area contributed by atoms with E-state index < -0.39 is 0 Å². The number of thioether (sulfide) groups is 1. The van der Waals surface area contributed by atoms with Gasteiger partial charge in [-0.1, -0.05) is 18.2 Å². The zero-order chi connectivity index (χ0) is 15.4. The third-order valence-corrected chi connectivity index (χ3v) is 5.06. The molecule has 1 amide bonds. The van der Waals surface area contributed by atoms with Gasteiger partial charge in [0, 0.05) is 19.2 Å². The van der Waals surface area contributed by atoms with Crippen molar-refractivity contribution >= 4 is 39.7 Å². The second-order valence-corrected chi connectivity index (χ2v) is 6.07. The lowest BCUT2D eigenvalue weighted by Gasteiger charge is -2.07. The Morgan fingerprint density at radius 2 is 2.14 bits per heavy atom. The number of amides is 1. The Kier molecular flexibility index (Phi) is 5.08. The number of carbonyl (C=O) groups is 1. The molecular formula is C14H16FN3OS2. The molecule has 21 heavy (non-hydrogen) atoms. The van der Waals surface area contributed by atoms with Crippen molar-refractivity contribution in [1.82, 2.24) is 5.32 Å². The minimum absolute atomic E-state index is 0.216. The van der Waals surface area contributed by atoms with Crippen molar-refractivity contribution in [1.29, 1.82) is 0 Å². The number of nitrogens with two attached hydrogens (primary N) is 1. The Morgan fingerprint density at radius 1 is 1.43 bits per heavy atom. The van der Waals surface area contributed by atoms with Gasteiger partial charge in [-0.25, -0.2) is 4.39 Å². The summed E-state index contributed by atoms with van der Waals surface area (Å²) < 4.78 is 13.6. The van der Waals surface area contributed by atoms with Crippen LogP contribution in [-0.2, 0) is 6.54 Å². The molecule has 0 unspecified atom stereocenters. The predicted molar refractivity (Wildman–Crippen MR) is 87.6 cm³/mol. The number of anilines is 2. The van der Waals surface area contributed by atoms with Gasteiger partial charge >= 0.3 is 0 Å². The molecule has 112 valence electrons. The van der Waals surface area contributed by atoms with Gasteiger partial charge in [0.05, 0.1) is 10.6 Å². The highest BCUT2D eigenvalue weighted by molar-refractivity contribution is 7.99. The highest BCUT2D eigenvalue weighted by Crippen LogP contribution is 2.41. The van der Waals surface area contributed by atoms with Crippen LogP contribution in [0, 0.1) is 5.82 Å². The number of rotatable bonds is 5. The number of halogens is 1. The summed E-state index contributed by atoms with van der Waals surface area (Å²) in [6, 6.07) is 6.58. The normalized spacial score (nSPS) is 10.4. The molecule has 2 rings (SSSR count). The standard InChI is InChI=1S/C14H16FN3OS2/c1-17-13(19)11-10(16)12(20-2)14(21-11)18-7-8-5-3-4-6-9(8)15/h3-6,18H,7,16H2,1-2H3,(H,17,19). The van der Waals surface area contributed by atoms with E-state index in [1.54, 1.807) is 25.2 Å². The van der Waals surface area contributed by atoms with Crippen LogP contribution in [0.3, 0.4) is 0 Å². The molecule has 0 radical (unpaired) electrons. The molecule has 0 saturated heterocycles. The SMILES string of the molecule is CNC(=O)c1sc(NCc2ccccc2F)c(SC)c1N. The van der Waals surface area contributed by atoms with Crippen molar-refractivity contribution in [2.24, 2.45) is 0 Å². The summed E-state index contributed by atoms with van der Waals surface area (Å²) >= 11 is 2.74. The minimum Gasteiger partial charge on any atom is -0.396 e. The van der Waals surface area contributed by atoms with Gasteiger partial charge in [0.2, 0.25) is 0 Å². The van der Waals surface area contributed by atoms with Crippen LogP contribution in [0.15, 0.2) is 29.2 Å². The summed E-state index contributed by atoms with van der Waals surface area (Å²) in [4.78, 5) is 13.1. The first-order valence-corrected chi connectivity index (χ1v) is 8.28. The van der Waals surface area contributed by atoms with E-state index in [0.717, 1.165) is 9.90 Å². The number of hydrogen-bond acceptors (Lipinski definition) is 5. The van der Waals surface area contributed by atoms with Crippen LogP contribution in [0.2, 0.25) is 0 Å². The molecule has 4 N–H and O–H groups in total. The van der Waals surface area contributed by atoms with Crippen LogP contribution in [0.4, 0.5) is 15.1 Å². The molecule has 4 nitrogen and oxygen atoms in total. The highest BCUT2D eigenvalue weighted by Gasteiger charge is 2.19. The summed E-state index contributed by atoms with van der Waals surface area (Å²) in [5, 5.41) is 6.50. The Hall–Kier alpha value is -1.73. The van der Waals surface area contributed by atoms with Crippen molar-refractivity contribution in [3.63, 3.8) is 0 Å². The maximum atomic E-state index is 13.6. The van der Waals surface area contributed by atoms with Gasteiger partial charge in [0.25, 0.3) is 5.91 Å². The fraction of sp³-hybridized carbons (Fsp3) is 0.214. The van der Waals surface area contributed by atoms with Gasteiger partial charge in [0.15, 0.2) is 0 Å². The van der Waals surface area contributed by atoms with Gasteiger partial charge in [-0.2, -0.15) is 0 Å². The van der Waals surface area contributed by atoms with Gasteiger partial charge in [0.1, 0.15) is 15.7 Å². The molecule has 0 aliphatic heterocycles. The minimum atomic E-state index is -0.258. The van der Waals surface area contributed by atoms with Crippen molar-refractivity contribution in [2.75, 3.05) is 24.4 Å². The molecular weight excluding hydrogens is 309 g/mol. The summed E-state index contributed by atoms with van der Waals surface area (Å²) in [6.45, 7) is 0.341. The van der Waals surface area contributed by atoms with Crippen LogP contribution < -0.4 is 16.4 Å². The topological polar surface area (TPSA) is 67.2 Å². The van der Waals surface area contributed by atoms with E-state index in [9.17, 15) is 9.18 Å². The number of carbonyl (C=O) groups excluding carboxylic acids is 1. The first-order valence-electron chi connectivity index (χ1n) is 6.24. The van der Waals surface area contributed by atoms with E-state index >= 15 is 0 Å². The molecule has 0 fully saturated rings. The Labute approximate surface area is 130 Å². The average molecular weight is 325 g/mol. The van der Waals surface area contributed by atoms with E-state index in [-0.39, 0.29) is 11.7 Å². The molecule has 0 aliphatic rings. The number of thiophene rings is 1. The molecule has 7 heteroatoms. The first-order chi connectivity index (χ1) is 10.1. The lowest BCUT2D eigenvalue weighted by atomic mass is 10.2. The second kappa shape index (κ2) is 6.82. The molecule has 1 heterocycles. The zero-order valence-corrected chi connectivity index (χ0v) is 13.3. The zero-order valence-electron chi connectivity index (χ0n) is 11.7. The van der Waals surface area contributed by atoms with Gasteiger partial charge in [-0.05, 0) is 12.3 Å². The lowest BCUT2D eigenvalue weighted by Crippen LogP contribution is -2.17. The third kappa shape index (κ3) is 3.30. The van der Waals surface area contributed by atoms with E-state index in [1.165, 1.54) is 29.2 Å². The van der Waals surface area contributed by atoms with Crippen LogP contribution in [0.1, 0.15) is 15.2 Å². The maximum absolute atomic E-state index is 13.6. The first kappa shape index (κ1) is 15.7. The largest absolute Gasteiger partial charge is 0.396 e. The molecule has 0 spiro atoms. The van der Waals surface area contributed by atoms with E-state index in [2.05, 4.69) is 10.6 Å². The van der Waals surface area contributed by atoms with Gasteiger partial charge in [-0.3, -0.25) is 4.79 Å². The van der Waals surface area contributed by atoms with Crippen LogP contribution in [0.5, 0.6) is 0 Å². The van der Waals surface area contributed by atoms with Crippen molar-refractivity contribution in [3.05, 3.63) is 40.5 Å². The van der Waals surface area contributed by atoms with E-state index in [1.807, 2.05) is 6.26 Å². The summed E-state index contributed by atoms with van der Waals surface area (Å²) in [7, 11) is 1.56. The molecule has 2 aromatic rings. The monoisotopic (exact) mass is 325 g/mol. The fourth-order valence-electron chi connectivity index (χ4n) is 1.85. The molecule has 0 atom stereocenters. The summed E-state index contributed by atoms with van der Waals surface area (Å²) in [5.41, 5.74) is 7.03. The number of hydrogen-bond donors (Lipinski definition) is 3. The highest BCUT2D eigenvalue weighted by atomic mass is 32.2. The van der Waals surface area contributed by atoms with E-state index in [0.29, 0.717) is 22.7 Å². The second-order valence-electron chi connectivity index (χ2n) is 4.23. The van der Waals surface area contributed by atoms with Crippen molar-refractivity contribution < 1.29 is 9.18 Å². The number of benzene rings is 1. The molecule has 0 saturated carbocycles.